The summed E-state index contributed by atoms with van der Waals surface area (Å²) in [5.74, 6) is 1.81. The van der Waals surface area contributed by atoms with Gasteiger partial charge in [0.25, 0.3) is 0 Å². The van der Waals surface area contributed by atoms with Crippen molar-refractivity contribution in [3.63, 3.8) is 0 Å². The Bertz CT molecular complexity index is 1410. The van der Waals surface area contributed by atoms with Crippen LogP contribution in [-0.4, -0.2) is 47.4 Å². The highest BCUT2D eigenvalue weighted by molar-refractivity contribution is 6.33. The number of aromatic nitrogens is 5. The Hall–Kier alpha value is -3.23. The third-order valence-corrected chi connectivity index (χ3v) is 6.95. The van der Waals surface area contributed by atoms with Crippen molar-refractivity contribution in [1.29, 1.82) is 0 Å². The monoisotopic (exact) mass is 491 g/mol. The Kier molecular flexibility index (Phi) is 5.38. The van der Waals surface area contributed by atoms with Crippen LogP contribution in [0.25, 0.3) is 22.6 Å². The zero-order valence-electron chi connectivity index (χ0n) is 19.6. The number of hydrogen-bond acceptors (Lipinski definition) is 7. The number of halogens is 1. The Labute approximate surface area is 207 Å². The summed E-state index contributed by atoms with van der Waals surface area (Å²) in [6, 6.07) is 9.60. The molecule has 1 N–H and O–H groups in total. The molecule has 0 spiro atoms. The van der Waals surface area contributed by atoms with Crippen LogP contribution >= 0.6 is 11.6 Å². The van der Waals surface area contributed by atoms with Crippen LogP contribution < -0.4 is 9.47 Å². The van der Waals surface area contributed by atoms with Gasteiger partial charge in [-0.15, -0.1) is 0 Å². The summed E-state index contributed by atoms with van der Waals surface area (Å²) in [4.78, 5) is 18.4. The molecule has 3 aromatic heterocycles. The fourth-order valence-electron chi connectivity index (χ4n) is 4.28. The van der Waals surface area contributed by atoms with E-state index in [-0.39, 0.29) is 17.8 Å². The fourth-order valence-corrected chi connectivity index (χ4v) is 4.54. The summed E-state index contributed by atoms with van der Waals surface area (Å²) in [6.07, 6.45) is 6.31. The summed E-state index contributed by atoms with van der Waals surface area (Å²) in [6.45, 7) is 4.58. The van der Waals surface area contributed by atoms with Gasteiger partial charge in [0.1, 0.15) is 29.6 Å². The number of aliphatic hydroxyl groups is 1. The number of imidazole rings is 1. The molecule has 2 aliphatic rings. The lowest BCUT2D eigenvalue weighted by atomic mass is 9.92. The minimum absolute atomic E-state index is 0.0163. The summed E-state index contributed by atoms with van der Waals surface area (Å²) in [5.41, 5.74) is 3.83. The second kappa shape index (κ2) is 8.46. The largest absolute Gasteiger partial charge is 0.490 e. The molecule has 0 amide bonds. The highest BCUT2D eigenvalue weighted by Gasteiger charge is 2.41. The number of hydrogen-bond donors (Lipinski definition) is 1. The lowest BCUT2D eigenvalue weighted by Gasteiger charge is -2.31. The molecule has 0 atom stereocenters. The Morgan fingerprint density at radius 2 is 1.97 bits per heavy atom. The molecule has 0 unspecified atom stereocenters. The van der Waals surface area contributed by atoms with Gasteiger partial charge >= 0.3 is 0 Å². The third-order valence-electron chi connectivity index (χ3n) is 6.64. The van der Waals surface area contributed by atoms with E-state index in [0.717, 1.165) is 29.7 Å². The molecule has 9 heteroatoms. The van der Waals surface area contributed by atoms with Gasteiger partial charge in [-0.05, 0) is 62.6 Å². The minimum Gasteiger partial charge on any atom is -0.490 e. The quantitative estimate of drug-likeness (QED) is 0.399. The number of pyridine rings is 1. The van der Waals surface area contributed by atoms with E-state index in [9.17, 15) is 5.11 Å². The van der Waals surface area contributed by atoms with Gasteiger partial charge in [0.05, 0.1) is 23.4 Å². The van der Waals surface area contributed by atoms with Crippen molar-refractivity contribution in [2.75, 3.05) is 0 Å². The van der Waals surface area contributed by atoms with Crippen LogP contribution in [-0.2, 0) is 6.54 Å². The molecule has 8 nitrogen and oxygen atoms in total. The number of ether oxygens (including phenoxy) is 2. The summed E-state index contributed by atoms with van der Waals surface area (Å²) in [7, 11) is 0. The molecule has 0 aliphatic heterocycles. The SMILES string of the molecule is Cc1ccnc(Cn2c(-c3ccc(OC4CC(O)C4)cc3Cl)nc3c(OC4(C)CC4)ncnc32)c1. The Balaban J connectivity index is 1.43. The van der Waals surface area contributed by atoms with Crippen molar-refractivity contribution >= 4 is 22.8 Å². The lowest BCUT2D eigenvalue weighted by Crippen LogP contribution is -2.37. The summed E-state index contributed by atoms with van der Waals surface area (Å²) in [5, 5.41) is 10.0. The first-order valence-electron chi connectivity index (χ1n) is 11.8. The predicted octanol–water partition coefficient (Wildman–Crippen LogP) is 4.73. The van der Waals surface area contributed by atoms with E-state index < -0.39 is 0 Å². The molecule has 3 heterocycles. The van der Waals surface area contributed by atoms with E-state index in [1.165, 1.54) is 6.33 Å². The molecule has 180 valence electrons. The van der Waals surface area contributed by atoms with Crippen LogP contribution in [0.15, 0.2) is 42.9 Å². The van der Waals surface area contributed by atoms with Gasteiger partial charge in [0, 0.05) is 24.6 Å². The molecule has 0 bridgehead atoms. The van der Waals surface area contributed by atoms with E-state index in [0.29, 0.717) is 53.0 Å². The van der Waals surface area contributed by atoms with Gasteiger partial charge in [-0.2, -0.15) is 4.98 Å². The van der Waals surface area contributed by atoms with E-state index in [2.05, 4.69) is 21.9 Å². The topological polar surface area (TPSA) is 95.2 Å². The summed E-state index contributed by atoms with van der Waals surface area (Å²) >= 11 is 6.76. The van der Waals surface area contributed by atoms with E-state index in [4.69, 9.17) is 26.1 Å². The standard InChI is InChI=1S/C26H26ClN5O3/c1-15-5-8-28-16(9-15)13-32-23(20-4-3-18(12-21(20)27)34-19-10-17(33)11-19)31-22-24(32)29-14-30-25(22)35-26(2)6-7-26/h3-5,8-9,12,14,17,19,33H,6-7,10-11,13H2,1-2H3. The van der Waals surface area contributed by atoms with Gasteiger partial charge in [-0.1, -0.05) is 11.6 Å². The van der Waals surface area contributed by atoms with Crippen molar-refractivity contribution in [2.24, 2.45) is 0 Å². The van der Waals surface area contributed by atoms with Crippen LogP contribution in [0.2, 0.25) is 5.02 Å². The number of aryl methyl sites for hydroxylation is 1. The molecular formula is C26H26ClN5O3. The maximum atomic E-state index is 9.54. The molecule has 0 radical (unpaired) electrons. The van der Waals surface area contributed by atoms with Gasteiger partial charge in [-0.25, -0.2) is 9.97 Å². The molecule has 0 saturated heterocycles. The Morgan fingerprint density at radius 1 is 1.14 bits per heavy atom. The number of aliphatic hydroxyl groups excluding tert-OH is 1. The van der Waals surface area contributed by atoms with Crippen molar-refractivity contribution in [2.45, 2.75) is 63.9 Å². The van der Waals surface area contributed by atoms with Gasteiger partial charge in [0.15, 0.2) is 11.2 Å². The van der Waals surface area contributed by atoms with Crippen LogP contribution in [0.3, 0.4) is 0 Å². The smallest absolute Gasteiger partial charge is 0.245 e. The lowest BCUT2D eigenvalue weighted by molar-refractivity contribution is -0.0107. The molecule has 2 aliphatic carbocycles. The highest BCUT2D eigenvalue weighted by Crippen LogP contribution is 2.41. The maximum Gasteiger partial charge on any atom is 0.245 e. The zero-order chi connectivity index (χ0) is 24.2. The normalized spacial score (nSPS) is 20.5. The van der Waals surface area contributed by atoms with Crippen LogP contribution in [0.1, 0.15) is 43.9 Å². The Morgan fingerprint density at radius 3 is 2.69 bits per heavy atom. The second-order valence-corrected chi connectivity index (χ2v) is 10.2. The van der Waals surface area contributed by atoms with Crippen LogP contribution in [0, 0.1) is 6.92 Å². The minimum atomic E-state index is -0.277. The first-order valence-corrected chi connectivity index (χ1v) is 12.2. The summed E-state index contributed by atoms with van der Waals surface area (Å²) < 4.78 is 14.2. The molecule has 2 fully saturated rings. The number of fused-ring (bicyclic) bond motifs is 1. The first kappa shape index (κ1) is 22.2. The molecular weight excluding hydrogens is 466 g/mol. The van der Waals surface area contributed by atoms with Crippen LogP contribution in [0.5, 0.6) is 11.6 Å². The van der Waals surface area contributed by atoms with Crippen molar-refractivity contribution in [1.82, 2.24) is 24.5 Å². The molecule has 4 aromatic rings. The van der Waals surface area contributed by atoms with Gasteiger partial charge in [0.2, 0.25) is 5.88 Å². The van der Waals surface area contributed by atoms with Crippen molar-refractivity contribution in [3.05, 3.63) is 59.1 Å². The molecule has 2 saturated carbocycles. The van der Waals surface area contributed by atoms with Crippen LogP contribution in [0.4, 0.5) is 0 Å². The number of benzene rings is 1. The van der Waals surface area contributed by atoms with Crippen molar-refractivity contribution in [3.8, 4) is 23.0 Å². The van der Waals surface area contributed by atoms with Gasteiger partial charge in [-0.3, -0.25) is 4.98 Å². The highest BCUT2D eigenvalue weighted by atomic mass is 35.5. The average molecular weight is 492 g/mol. The van der Waals surface area contributed by atoms with Crippen molar-refractivity contribution < 1.29 is 14.6 Å². The number of nitrogens with zero attached hydrogens (tertiary/aromatic N) is 5. The van der Waals surface area contributed by atoms with E-state index in [1.807, 2.05) is 35.8 Å². The van der Waals surface area contributed by atoms with E-state index in [1.54, 1.807) is 12.3 Å². The second-order valence-electron chi connectivity index (χ2n) is 9.76. The maximum absolute atomic E-state index is 9.54. The average Bonchev–Trinajstić information content (AvgIpc) is 3.41. The third kappa shape index (κ3) is 4.44. The fraction of sp³-hybridized carbons (Fsp3) is 0.385. The predicted molar refractivity (Wildman–Crippen MR) is 132 cm³/mol. The zero-order valence-corrected chi connectivity index (χ0v) is 20.4. The van der Waals surface area contributed by atoms with E-state index >= 15 is 0 Å². The first-order chi connectivity index (χ1) is 16.9. The number of rotatable bonds is 7. The molecule has 35 heavy (non-hydrogen) atoms. The van der Waals surface area contributed by atoms with Gasteiger partial charge < -0.3 is 19.1 Å². The molecule has 6 rings (SSSR count). The molecule has 1 aromatic carbocycles.